The number of halogens is 1. The predicted octanol–water partition coefficient (Wildman–Crippen LogP) is 2.74. The van der Waals surface area contributed by atoms with Crippen molar-refractivity contribution in [3.63, 3.8) is 0 Å². The van der Waals surface area contributed by atoms with Crippen LogP contribution >= 0.6 is 11.6 Å². The number of aryl methyl sites for hydroxylation is 1. The number of aliphatic carboxylic acids is 1. The number of phenols is 1. The molecule has 0 amide bonds. The molecule has 2 N–H and O–H groups in total. The van der Waals surface area contributed by atoms with Crippen molar-refractivity contribution < 1.29 is 19.4 Å². The molecule has 0 saturated heterocycles. The monoisotopic (exact) mass is 341 g/mol. The van der Waals surface area contributed by atoms with Gasteiger partial charge in [0.1, 0.15) is 17.7 Å². The van der Waals surface area contributed by atoms with Gasteiger partial charge in [0.05, 0.1) is 0 Å². The van der Waals surface area contributed by atoms with E-state index in [4.69, 9.17) is 21.1 Å². The normalized spacial score (nSPS) is 9.68. The van der Waals surface area contributed by atoms with Crippen molar-refractivity contribution in [2.24, 2.45) is 0 Å². The summed E-state index contributed by atoms with van der Waals surface area (Å²) < 4.78 is 5.31. The number of hydrogen-bond donors (Lipinski definition) is 2. The van der Waals surface area contributed by atoms with Gasteiger partial charge in [-0.25, -0.2) is 4.98 Å². The number of hydrogen-bond acceptors (Lipinski definition) is 4. The van der Waals surface area contributed by atoms with Gasteiger partial charge in [-0.1, -0.05) is 11.6 Å². The van der Waals surface area contributed by atoms with Crippen LogP contribution < -0.4 is 0 Å². The summed E-state index contributed by atoms with van der Waals surface area (Å²) in [6, 6.07) is 4.70. The van der Waals surface area contributed by atoms with E-state index in [0.29, 0.717) is 41.4 Å². The molecule has 2 aromatic rings. The molecule has 108 valence electrons. The van der Waals surface area contributed by atoms with E-state index in [1.54, 1.807) is 12.1 Å². The average molecular weight is 342 g/mol. The Morgan fingerprint density at radius 3 is 2.68 bits per heavy atom. The van der Waals surface area contributed by atoms with E-state index in [1.807, 2.05) is 0 Å². The molecule has 8 heteroatoms. The van der Waals surface area contributed by atoms with Crippen molar-refractivity contribution in [1.29, 1.82) is 0 Å². The molecule has 1 aromatic heterocycles. The number of carbonyl (C=O) groups is 1. The first-order chi connectivity index (χ1) is 9.56. The Morgan fingerprint density at radius 1 is 1.27 bits per heavy atom. The standard InChI is InChI=1S/C14H14ClNO4.2Na/c15-9-5-6-12(17)10(7-9)11-8-20-13(16-11)3-1-2-4-14(18)19;;/h5-8,17H,1-4H2,(H,18,19);;. The Hall–Kier alpha value is -0.01000. The van der Waals surface area contributed by atoms with E-state index in [2.05, 4.69) is 4.98 Å². The van der Waals surface area contributed by atoms with Crippen LogP contribution in [0.25, 0.3) is 11.3 Å². The van der Waals surface area contributed by atoms with Crippen molar-refractivity contribution in [1.82, 2.24) is 4.98 Å². The molecule has 0 fully saturated rings. The quantitative estimate of drug-likeness (QED) is 0.623. The minimum atomic E-state index is -0.804. The number of unbranched alkanes of at least 4 members (excludes halogenated alkanes) is 1. The number of carboxylic acids is 1. The number of nitrogens with zero attached hydrogens (tertiary/aromatic N) is 1. The van der Waals surface area contributed by atoms with Crippen LogP contribution in [0.3, 0.4) is 0 Å². The van der Waals surface area contributed by atoms with Crippen LogP contribution in [0.5, 0.6) is 5.75 Å². The minimum absolute atomic E-state index is 0. The second-order valence-electron chi connectivity index (χ2n) is 4.39. The van der Waals surface area contributed by atoms with Gasteiger partial charge in [0, 0.05) is 82.5 Å². The average Bonchev–Trinajstić information content (AvgIpc) is 2.86. The van der Waals surface area contributed by atoms with Gasteiger partial charge >= 0.3 is 5.97 Å². The van der Waals surface area contributed by atoms with E-state index in [1.165, 1.54) is 12.3 Å². The Balaban J connectivity index is 0.00000220. The van der Waals surface area contributed by atoms with Gasteiger partial charge in [-0.3, -0.25) is 4.79 Å². The van der Waals surface area contributed by atoms with Crippen LogP contribution in [0.2, 0.25) is 5.02 Å². The first kappa shape index (κ1) is 22.0. The fourth-order valence-corrected chi connectivity index (χ4v) is 1.99. The molecule has 1 aromatic carbocycles. The van der Waals surface area contributed by atoms with E-state index in [-0.39, 0.29) is 71.3 Å². The Bertz CT molecular complexity index is 619. The van der Waals surface area contributed by atoms with Crippen LogP contribution in [0.15, 0.2) is 28.9 Å². The molecule has 0 aliphatic carbocycles. The number of aromatic hydroxyl groups is 1. The summed E-state index contributed by atoms with van der Waals surface area (Å²) in [6.45, 7) is 0. The van der Waals surface area contributed by atoms with Gasteiger partial charge < -0.3 is 14.6 Å². The van der Waals surface area contributed by atoms with Crippen LogP contribution in [0, 0.1) is 0 Å². The van der Waals surface area contributed by atoms with Crippen LogP contribution in [-0.2, 0) is 11.2 Å². The Morgan fingerprint density at radius 2 is 2.00 bits per heavy atom. The molecule has 0 atom stereocenters. The molecular weight excluding hydrogens is 328 g/mol. The molecule has 0 spiro atoms. The largest absolute Gasteiger partial charge is 0.507 e. The summed E-state index contributed by atoms with van der Waals surface area (Å²) in [5.74, 6) is -0.202. The fourth-order valence-electron chi connectivity index (χ4n) is 1.82. The van der Waals surface area contributed by atoms with Gasteiger partial charge in [0.15, 0.2) is 5.89 Å². The van der Waals surface area contributed by atoms with Crippen molar-refractivity contribution in [3.05, 3.63) is 35.4 Å². The van der Waals surface area contributed by atoms with E-state index >= 15 is 0 Å². The van der Waals surface area contributed by atoms with Gasteiger partial charge in [-0.15, -0.1) is 0 Å². The molecule has 0 aliphatic heterocycles. The molecule has 0 saturated carbocycles. The molecule has 0 unspecified atom stereocenters. The zero-order valence-corrected chi connectivity index (χ0v) is 17.4. The number of phenolic OH excluding ortho intramolecular Hbond substituents is 1. The van der Waals surface area contributed by atoms with Gasteiger partial charge in [0.25, 0.3) is 0 Å². The Kier molecular flexibility index (Phi) is 10.7. The predicted molar refractivity (Wildman–Crippen MR) is 85.3 cm³/mol. The number of aromatic nitrogens is 1. The molecule has 5 nitrogen and oxygen atoms in total. The molecular formula is C14H14ClNNa2O4. The summed E-state index contributed by atoms with van der Waals surface area (Å²) in [5, 5.41) is 18.8. The third-order valence-electron chi connectivity index (χ3n) is 2.82. The van der Waals surface area contributed by atoms with E-state index < -0.39 is 5.97 Å². The molecule has 0 bridgehead atoms. The zero-order valence-electron chi connectivity index (χ0n) is 12.7. The number of benzene rings is 1. The fraction of sp³-hybridized carbons (Fsp3) is 0.286. The Labute approximate surface area is 177 Å². The summed E-state index contributed by atoms with van der Waals surface area (Å²) in [7, 11) is 0. The van der Waals surface area contributed by atoms with Crippen molar-refractivity contribution in [3.8, 4) is 17.0 Å². The summed E-state index contributed by atoms with van der Waals surface area (Å²) in [6.07, 6.45) is 3.43. The second-order valence-corrected chi connectivity index (χ2v) is 4.83. The maximum absolute atomic E-state index is 10.4. The molecule has 22 heavy (non-hydrogen) atoms. The summed E-state index contributed by atoms with van der Waals surface area (Å²) in [5.41, 5.74) is 1.02. The van der Waals surface area contributed by atoms with Crippen molar-refractivity contribution >= 4 is 76.7 Å². The maximum Gasteiger partial charge on any atom is 0.303 e. The second kappa shape index (κ2) is 10.7. The van der Waals surface area contributed by atoms with E-state index in [0.717, 1.165) is 0 Å². The van der Waals surface area contributed by atoms with Crippen molar-refractivity contribution in [2.45, 2.75) is 25.7 Å². The summed E-state index contributed by atoms with van der Waals surface area (Å²) >= 11 is 5.88. The number of rotatable bonds is 6. The topological polar surface area (TPSA) is 83.6 Å². The first-order valence-corrected chi connectivity index (χ1v) is 6.59. The van der Waals surface area contributed by atoms with Crippen LogP contribution in [0.4, 0.5) is 0 Å². The third-order valence-corrected chi connectivity index (χ3v) is 3.05. The molecule has 2 rings (SSSR count). The SMILES string of the molecule is O=C(O)CCCCc1nc(-c2cc(Cl)ccc2O)co1.[Na].[Na]. The van der Waals surface area contributed by atoms with Gasteiger partial charge in [0.2, 0.25) is 0 Å². The van der Waals surface area contributed by atoms with Gasteiger partial charge in [-0.05, 0) is 31.0 Å². The molecule has 2 radical (unpaired) electrons. The van der Waals surface area contributed by atoms with Crippen LogP contribution in [-0.4, -0.2) is 80.3 Å². The third kappa shape index (κ3) is 6.62. The molecule has 0 aliphatic rings. The number of carboxylic acid groups (broad SMARTS) is 1. The van der Waals surface area contributed by atoms with E-state index in [9.17, 15) is 9.90 Å². The smallest absolute Gasteiger partial charge is 0.303 e. The van der Waals surface area contributed by atoms with Crippen LogP contribution in [0.1, 0.15) is 25.2 Å². The molecule has 1 heterocycles. The van der Waals surface area contributed by atoms with Gasteiger partial charge in [-0.2, -0.15) is 0 Å². The number of oxazole rings is 1. The van der Waals surface area contributed by atoms with Crippen molar-refractivity contribution in [2.75, 3.05) is 0 Å². The zero-order chi connectivity index (χ0) is 14.5. The first-order valence-electron chi connectivity index (χ1n) is 6.21. The minimum Gasteiger partial charge on any atom is -0.507 e. The maximum atomic E-state index is 10.4. The summed E-state index contributed by atoms with van der Waals surface area (Å²) in [4.78, 5) is 14.7.